The van der Waals surface area contributed by atoms with E-state index in [0.717, 1.165) is 35.1 Å². The maximum Gasteiger partial charge on any atom is 0.240 e. The van der Waals surface area contributed by atoms with Gasteiger partial charge < -0.3 is 10.1 Å². The Morgan fingerprint density at radius 3 is 2.56 bits per heavy atom. The van der Waals surface area contributed by atoms with Crippen LogP contribution in [0.4, 0.5) is 10.2 Å². The van der Waals surface area contributed by atoms with Crippen LogP contribution in [-0.2, 0) is 14.3 Å². The van der Waals surface area contributed by atoms with Gasteiger partial charge >= 0.3 is 0 Å². The van der Waals surface area contributed by atoms with Crippen molar-refractivity contribution in [2.45, 2.75) is 31.1 Å². The Labute approximate surface area is 242 Å². The van der Waals surface area contributed by atoms with Gasteiger partial charge in [-0.2, -0.15) is 5.10 Å². The first kappa shape index (κ1) is 27.2. The van der Waals surface area contributed by atoms with Crippen LogP contribution in [0.1, 0.15) is 34.8 Å². The van der Waals surface area contributed by atoms with Crippen molar-refractivity contribution in [1.82, 2.24) is 15.1 Å². The number of halogens is 1. The second-order valence-electron chi connectivity index (χ2n) is 10.3. The van der Waals surface area contributed by atoms with E-state index >= 15 is 0 Å². The number of nitrogens with one attached hydrogen (secondary N) is 1. The minimum absolute atomic E-state index is 0.00948. The van der Waals surface area contributed by atoms with Crippen molar-refractivity contribution in [3.8, 4) is 16.9 Å². The molecule has 2 amide bonds. The molecule has 0 aliphatic carbocycles. The first-order chi connectivity index (χ1) is 20.0. The van der Waals surface area contributed by atoms with Crippen LogP contribution in [0, 0.1) is 12.7 Å². The number of benzene rings is 3. The average Bonchev–Trinajstić information content (AvgIpc) is 3.62. The fraction of sp³-hybridized carbons (Fsp3) is 0.281. The number of amides is 2. The molecule has 2 atom stereocenters. The molecule has 6 rings (SSSR count). The van der Waals surface area contributed by atoms with Gasteiger partial charge in [0.05, 0.1) is 28.5 Å². The topological polar surface area (TPSA) is 76.5 Å². The van der Waals surface area contributed by atoms with Crippen molar-refractivity contribution in [3.63, 3.8) is 0 Å². The molecular formula is C32H31FN4O3S. The lowest BCUT2D eigenvalue weighted by Gasteiger charge is -2.24. The van der Waals surface area contributed by atoms with E-state index in [1.54, 1.807) is 16.8 Å². The Morgan fingerprint density at radius 2 is 1.83 bits per heavy atom. The predicted octanol–water partition coefficient (Wildman–Crippen LogP) is 5.45. The van der Waals surface area contributed by atoms with Crippen LogP contribution in [0.3, 0.4) is 0 Å². The monoisotopic (exact) mass is 570 g/mol. The minimum atomic E-state index is -0.370. The zero-order valence-electron chi connectivity index (χ0n) is 22.8. The van der Waals surface area contributed by atoms with Crippen molar-refractivity contribution >= 4 is 29.4 Å². The average molecular weight is 571 g/mol. The summed E-state index contributed by atoms with van der Waals surface area (Å²) in [5, 5.41) is 7.78. The maximum absolute atomic E-state index is 14.0. The third-order valence-electron chi connectivity index (χ3n) is 7.53. The van der Waals surface area contributed by atoms with Crippen LogP contribution in [-0.4, -0.2) is 53.1 Å². The number of aryl methyl sites for hydroxylation is 1. The number of carbonyl (C=O) groups is 2. The quantitative estimate of drug-likeness (QED) is 0.320. The normalized spacial score (nSPS) is 18.7. The molecule has 210 valence electrons. The van der Waals surface area contributed by atoms with Crippen LogP contribution in [0.5, 0.6) is 0 Å². The number of thioether (sulfide) groups is 1. The van der Waals surface area contributed by atoms with Gasteiger partial charge in [-0.1, -0.05) is 54.6 Å². The van der Waals surface area contributed by atoms with Gasteiger partial charge in [0.2, 0.25) is 11.8 Å². The Morgan fingerprint density at radius 1 is 1.07 bits per heavy atom. The van der Waals surface area contributed by atoms with Crippen molar-refractivity contribution in [3.05, 3.63) is 101 Å². The van der Waals surface area contributed by atoms with E-state index in [0.29, 0.717) is 30.4 Å². The summed E-state index contributed by atoms with van der Waals surface area (Å²) >= 11 is 1.53. The molecule has 3 heterocycles. The zero-order chi connectivity index (χ0) is 28.3. The highest BCUT2D eigenvalue weighted by Gasteiger charge is 2.38. The molecule has 0 unspecified atom stereocenters. The number of nitrogens with zero attached hydrogens (tertiary/aromatic N) is 3. The third-order valence-corrected chi connectivity index (χ3v) is 8.77. The molecule has 9 heteroatoms. The zero-order valence-corrected chi connectivity index (χ0v) is 23.6. The van der Waals surface area contributed by atoms with Crippen molar-refractivity contribution in [2.24, 2.45) is 0 Å². The van der Waals surface area contributed by atoms with Crippen molar-refractivity contribution < 1.29 is 18.7 Å². The van der Waals surface area contributed by atoms with E-state index in [-0.39, 0.29) is 41.3 Å². The van der Waals surface area contributed by atoms with Gasteiger partial charge in [0.1, 0.15) is 18.2 Å². The maximum atomic E-state index is 14.0. The minimum Gasteiger partial charge on any atom is -0.376 e. The molecule has 41 heavy (non-hydrogen) atoms. The molecule has 0 radical (unpaired) electrons. The summed E-state index contributed by atoms with van der Waals surface area (Å²) < 4.78 is 21.3. The first-order valence-electron chi connectivity index (χ1n) is 13.8. The van der Waals surface area contributed by atoms with E-state index in [9.17, 15) is 14.0 Å². The highest BCUT2D eigenvalue weighted by Crippen LogP contribution is 2.49. The molecule has 1 N–H and O–H groups in total. The molecule has 2 aliphatic heterocycles. The molecule has 1 saturated heterocycles. The van der Waals surface area contributed by atoms with Crippen molar-refractivity contribution in [2.75, 3.05) is 30.3 Å². The van der Waals surface area contributed by atoms with Gasteiger partial charge in [0.15, 0.2) is 0 Å². The van der Waals surface area contributed by atoms with E-state index in [2.05, 4.69) is 24.4 Å². The predicted molar refractivity (Wildman–Crippen MR) is 159 cm³/mol. The van der Waals surface area contributed by atoms with Gasteiger partial charge in [-0.05, 0) is 55.2 Å². The van der Waals surface area contributed by atoms with E-state index in [1.807, 2.05) is 42.5 Å². The number of anilines is 1. The summed E-state index contributed by atoms with van der Waals surface area (Å²) in [5.41, 5.74) is 5.22. The summed E-state index contributed by atoms with van der Waals surface area (Å²) in [6.07, 6.45) is 1.87. The molecule has 0 spiro atoms. The van der Waals surface area contributed by atoms with Crippen LogP contribution in [0.15, 0.2) is 78.9 Å². The molecule has 0 bridgehead atoms. The van der Waals surface area contributed by atoms with Crippen molar-refractivity contribution in [1.29, 1.82) is 0 Å². The molecule has 3 aromatic carbocycles. The second kappa shape index (κ2) is 11.9. The van der Waals surface area contributed by atoms with Crippen LogP contribution < -0.4 is 10.2 Å². The van der Waals surface area contributed by atoms with Crippen LogP contribution >= 0.6 is 11.8 Å². The SMILES string of the molecule is Cc1ccccc1[C@@H]1SCC(=O)N(CC(=O)NC[C@@H]2CCCO2)c2c1c(-c1ccccc1)nn2-c1ccc(F)cc1. The van der Waals surface area contributed by atoms with Gasteiger partial charge in [-0.15, -0.1) is 11.8 Å². The van der Waals surface area contributed by atoms with Crippen LogP contribution in [0.2, 0.25) is 0 Å². The Kier molecular flexibility index (Phi) is 7.89. The lowest BCUT2D eigenvalue weighted by Crippen LogP contribution is -2.44. The molecule has 0 saturated carbocycles. The number of fused-ring (bicyclic) bond motifs is 1. The number of ether oxygens (including phenoxy) is 1. The standard InChI is InChI=1S/C32H31FN4O3S/c1-21-8-5-6-12-26(21)31-29-30(22-9-3-2-4-10-22)35-37(24-15-13-23(33)14-16-24)32(29)36(28(39)20-41-31)19-27(38)34-18-25-11-7-17-40-25/h2-6,8-10,12-16,25,31H,7,11,17-20H2,1H3,(H,34,38)/t25-,31-/m0/s1. The fourth-order valence-electron chi connectivity index (χ4n) is 5.45. The Balaban J connectivity index is 1.52. The van der Waals surface area contributed by atoms with E-state index < -0.39 is 0 Å². The molecular weight excluding hydrogens is 539 g/mol. The molecule has 1 fully saturated rings. The lowest BCUT2D eigenvalue weighted by molar-refractivity contribution is -0.123. The fourth-order valence-corrected chi connectivity index (χ4v) is 6.74. The van der Waals surface area contributed by atoms with Gasteiger partial charge in [-0.25, -0.2) is 9.07 Å². The second-order valence-corrected chi connectivity index (χ2v) is 11.4. The third kappa shape index (κ3) is 5.64. The molecule has 2 aliphatic rings. The summed E-state index contributed by atoms with van der Waals surface area (Å²) in [7, 11) is 0. The summed E-state index contributed by atoms with van der Waals surface area (Å²) in [6.45, 7) is 3.00. The summed E-state index contributed by atoms with van der Waals surface area (Å²) in [4.78, 5) is 28.6. The summed E-state index contributed by atoms with van der Waals surface area (Å²) in [5.74, 6) is -0.129. The molecule has 4 aromatic rings. The number of carbonyl (C=O) groups excluding carboxylic acids is 2. The van der Waals surface area contributed by atoms with Gasteiger partial charge in [-0.3, -0.25) is 14.5 Å². The van der Waals surface area contributed by atoms with E-state index in [4.69, 9.17) is 9.84 Å². The molecule has 7 nitrogen and oxygen atoms in total. The lowest BCUT2D eigenvalue weighted by atomic mass is 9.97. The Bertz CT molecular complexity index is 1550. The van der Waals surface area contributed by atoms with Crippen LogP contribution in [0.25, 0.3) is 16.9 Å². The highest BCUT2D eigenvalue weighted by atomic mass is 32.2. The Hall–Kier alpha value is -3.95. The van der Waals surface area contributed by atoms with Gasteiger partial charge in [0, 0.05) is 24.3 Å². The van der Waals surface area contributed by atoms with E-state index in [1.165, 1.54) is 28.8 Å². The highest BCUT2D eigenvalue weighted by molar-refractivity contribution is 8.00. The number of hydrogen-bond donors (Lipinski definition) is 1. The smallest absolute Gasteiger partial charge is 0.240 e. The van der Waals surface area contributed by atoms with Gasteiger partial charge in [0.25, 0.3) is 0 Å². The summed E-state index contributed by atoms with van der Waals surface area (Å²) in [6, 6.07) is 24.0. The number of aromatic nitrogens is 2. The largest absolute Gasteiger partial charge is 0.376 e. The number of rotatable bonds is 7. The first-order valence-corrected chi connectivity index (χ1v) is 14.8. The molecule has 1 aromatic heterocycles. The number of hydrogen-bond acceptors (Lipinski definition) is 5.